The second kappa shape index (κ2) is 26.2. The Labute approximate surface area is 404 Å². The van der Waals surface area contributed by atoms with E-state index in [1.54, 1.807) is 0 Å². The third-order valence-corrected chi connectivity index (χ3v) is 10.9. The van der Waals surface area contributed by atoms with Crippen LogP contribution in [0.15, 0.2) is 72.8 Å². The zero-order valence-corrected chi connectivity index (χ0v) is 41.5. The van der Waals surface area contributed by atoms with Crippen LogP contribution < -0.4 is 38.0 Å². The minimum absolute atomic E-state index is 0. The maximum atomic E-state index is 10.8. The van der Waals surface area contributed by atoms with E-state index in [1.165, 1.54) is 0 Å². The first-order chi connectivity index (χ1) is 30.9. The molecule has 41 heteroatoms. The van der Waals surface area contributed by atoms with Gasteiger partial charge in [0.15, 0.2) is 23.0 Å². The summed E-state index contributed by atoms with van der Waals surface area (Å²) >= 11 is 0. The summed E-state index contributed by atoms with van der Waals surface area (Å²) in [7, 11) is -33.2. The quantitative estimate of drug-likeness (QED) is 0.0581. The van der Waals surface area contributed by atoms with Crippen molar-refractivity contribution in [2.45, 2.75) is 0 Å². The van der Waals surface area contributed by atoms with E-state index in [0.717, 1.165) is 72.8 Å². The van der Waals surface area contributed by atoms with Gasteiger partial charge in [-0.05, 0) is 48.5 Å². The number of carboxylic acid groups (broad SMARTS) is 4. The summed E-state index contributed by atoms with van der Waals surface area (Å²) in [5.74, 6) is -10.2. The monoisotopic (exact) mass is 1210 g/mol. The summed E-state index contributed by atoms with van der Waals surface area (Å²) < 4.78 is 220. The topological polar surface area (TPSA) is 540 Å². The van der Waals surface area contributed by atoms with Gasteiger partial charge < -0.3 is 37.2 Å². The molecule has 32 nitrogen and oxygen atoms in total. The van der Waals surface area contributed by atoms with Gasteiger partial charge in [0.05, 0.1) is 0 Å². The van der Waals surface area contributed by atoms with Crippen molar-refractivity contribution < 1.29 is 171 Å². The number of hydrogen-bond donors (Lipinski definition) is 8. The van der Waals surface area contributed by atoms with Crippen molar-refractivity contribution in [1.82, 2.24) is 0 Å². The van der Waals surface area contributed by atoms with Gasteiger partial charge in [-0.1, -0.05) is 24.3 Å². The zero-order chi connectivity index (χ0) is 52.9. The number of carboxylic acids is 4. The molecule has 4 aromatic rings. The van der Waals surface area contributed by atoms with Crippen LogP contribution in [0, 0.1) is 0 Å². The number of para-hydroxylation sites is 4. The number of rotatable bonds is 16. The molecule has 0 aliphatic heterocycles. The third-order valence-electron chi connectivity index (χ3n) is 6.44. The molecule has 0 heterocycles. The molecule has 8 N–H and O–H groups in total. The van der Waals surface area contributed by atoms with Crippen LogP contribution in [0.25, 0.3) is 0 Å². The molecule has 4 rings (SSSR count). The van der Waals surface area contributed by atoms with Gasteiger partial charge in [-0.2, -0.15) is 33.7 Å². The maximum absolute atomic E-state index is 10.8. The SMILES string of the molecule is O=C(O)c1cccc(P(=O)=O)c1OS(=O)(=O)O.O=C(O)c1cccc(P(=O)=O)c1OS(=O)(=O)O.O=C(O)c1cccc(P(=O)=O)c1OS(=O)(=O)O.O=C(O)c1cccc(P(=O)=O)c1OS(=O)(=O)O.[Zr]. The molecule has 0 aliphatic carbocycles. The number of carbonyl (C=O) groups is 4. The van der Waals surface area contributed by atoms with Crippen molar-refractivity contribution in [2.75, 3.05) is 0 Å². The summed E-state index contributed by atoms with van der Waals surface area (Å²) in [6.45, 7) is 0. The summed E-state index contributed by atoms with van der Waals surface area (Å²) in [6, 6.07) is 11.9. The molecule has 0 saturated heterocycles. The largest absolute Gasteiger partial charge is 0.478 e. The van der Waals surface area contributed by atoms with Crippen LogP contribution in [-0.2, 0) is 104 Å². The second-order valence-corrected chi connectivity index (χ2v) is 19.0. The number of aromatic carboxylic acids is 4. The number of hydrogen-bond acceptors (Lipinski definition) is 24. The van der Waals surface area contributed by atoms with Crippen molar-refractivity contribution in [2.24, 2.45) is 0 Å². The van der Waals surface area contributed by atoms with Crippen LogP contribution in [0.1, 0.15) is 41.4 Å². The minimum Gasteiger partial charge on any atom is -0.478 e. The molecular formula is C28H20O32P4S4Zr. The molecule has 0 radical (unpaired) electrons. The zero-order valence-electron chi connectivity index (χ0n) is 32.2. The maximum Gasteiger partial charge on any atom is 0.446 e. The van der Waals surface area contributed by atoms with Crippen molar-refractivity contribution in [1.29, 1.82) is 0 Å². The predicted molar refractivity (Wildman–Crippen MR) is 214 cm³/mol. The molecule has 0 spiro atoms. The van der Waals surface area contributed by atoms with Crippen LogP contribution in [-0.4, -0.2) is 96.2 Å². The van der Waals surface area contributed by atoms with Gasteiger partial charge in [0.2, 0.25) is 0 Å². The van der Waals surface area contributed by atoms with Gasteiger partial charge >= 0.3 is 96.2 Å². The van der Waals surface area contributed by atoms with Crippen LogP contribution in [0.4, 0.5) is 0 Å². The van der Waals surface area contributed by atoms with E-state index in [0.29, 0.717) is 0 Å². The molecule has 4 aromatic carbocycles. The number of benzene rings is 4. The second-order valence-electron chi connectivity index (χ2n) is 10.9. The average molecular weight is 1210 g/mol. The summed E-state index contributed by atoms with van der Waals surface area (Å²) in [4.78, 5) is 42.9. The van der Waals surface area contributed by atoms with Gasteiger partial charge in [0, 0.05) is 26.2 Å². The Morgan fingerprint density at radius 2 is 0.478 bits per heavy atom. The first-order valence-corrected chi connectivity index (χ1v) is 25.8. The first kappa shape index (κ1) is 63.1. The Hall–Kier alpha value is -5.92. The molecule has 0 saturated carbocycles. The molecule has 0 atom stereocenters. The van der Waals surface area contributed by atoms with Gasteiger partial charge in [-0.15, -0.1) is 0 Å². The Balaban J connectivity index is 0.000000889. The molecule has 0 unspecified atom stereocenters. The van der Waals surface area contributed by atoms with Gasteiger partial charge in [-0.3, -0.25) is 18.2 Å². The predicted octanol–water partition coefficient (Wildman–Crippen LogP) is 1.46. The van der Waals surface area contributed by atoms with Gasteiger partial charge in [0.1, 0.15) is 43.5 Å². The Kier molecular flexibility index (Phi) is 23.9. The van der Waals surface area contributed by atoms with E-state index in [2.05, 4.69) is 16.7 Å². The minimum atomic E-state index is -5.02. The molecule has 0 aliphatic rings. The molecule has 372 valence electrons. The standard InChI is InChI=1S/4C7H5O8PS.Zr/c4*8-7(9)4-2-1-3-5(16(10)11)6(4)15-17(12,13)14;/h4*1-3H,(H,8,9)(H,12,13,14);. The van der Waals surface area contributed by atoms with E-state index in [4.69, 9.17) is 38.6 Å². The molecule has 69 heavy (non-hydrogen) atoms. The Morgan fingerprint density at radius 3 is 0.580 bits per heavy atom. The Morgan fingerprint density at radius 1 is 0.333 bits per heavy atom. The van der Waals surface area contributed by atoms with Crippen LogP contribution in [0.5, 0.6) is 23.0 Å². The summed E-state index contributed by atoms with van der Waals surface area (Å²) in [5, 5.41) is 32.2. The summed E-state index contributed by atoms with van der Waals surface area (Å²) in [6.07, 6.45) is 0. The normalized spacial score (nSPS) is 10.7. The van der Waals surface area contributed by atoms with Crippen molar-refractivity contribution in [3.63, 3.8) is 0 Å². The molecule has 0 bridgehead atoms. The van der Waals surface area contributed by atoms with Gasteiger partial charge in [-0.25, -0.2) is 55.7 Å². The van der Waals surface area contributed by atoms with Crippen LogP contribution >= 0.6 is 30.7 Å². The molecule has 0 fully saturated rings. The third kappa shape index (κ3) is 21.5. The van der Waals surface area contributed by atoms with Crippen LogP contribution in [0.3, 0.4) is 0 Å². The fourth-order valence-electron chi connectivity index (χ4n) is 4.12. The smallest absolute Gasteiger partial charge is 0.446 e. The van der Waals surface area contributed by atoms with Crippen molar-refractivity contribution in [3.8, 4) is 23.0 Å². The fraction of sp³-hybridized carbons (Fsp3) is 0. The van der Waals surface area contributed by atoms with E-state index in [1.807, 2.05) is 0 Å². The van der Waals surface area contributed by atoms with Crippen LogP contribution in [0.2, 0.25) is 0 Å². The van der Waals surface area contributed by atoms with Crippen molar-refractivity contribution in [3.05, 3.63) is 95.1 Å². The molecule has 0 aromatic heterocycles. The van der Waals surface area contributed by atoms with E-state index >= 15 is 0 Å². The van der Waals surface area contributed by atoms with E-state index in [9.17, 15) is 89.4 Å². The first-order valence-electron chi connectivity index (χ1n) is 15.6. The average Bonchev–Trinajstić information content (AvgIpc) is 3.15. The fourth-order valence-corrected chi connectivity index (χ4v) is 8.09. The van der Waals surface area contributed by atoms with Gasteiger partial charge in [0.25, 0.3) is 0 Å². The van der Waals surface area contributed by atoms with E-state index in [-0.39, 0.29) is 26.2 Å². The van der Waals surface area contributed by atoms with Crippen molar-refractivity contribution >= 4 is 117 Å². The summed E-state index contributed by atoms with van der Waals surface area (Å²) in [5.41, 5.74) is -2.78. The molecule has 0 amide bonds. The van der Waals surface area contributed by atoms with E-state index < -0.39 is 163 Å². The Bertz CT molecular complexity index is 2950. The molecular weight excluding hydrogens is 1190 g/mol.